The predicted molar refractivity (Wildman–Crippen MR) is 59.7 cm³/mol. The maximum absolute atomic E-state index is 2.38. The van der Waals surface area contributed by atoms with Crippen LogP contribution in [0.25, 0.3) is 0 Å². The lowest BCUT2D eigenvalue weighted by Crippen LogP contribution is -2.35. The lowest BCUT2D eigenvalue weighted by Gasteiger charge is -2.45. The van der Waals surface area contributed by atoms with Crippen molar-refractivity contribution in [3.63, 3.8) is 0 Å². The third-order valence-electron chi connectivity index (χ3n) is 3.36. The van der Waals surface area contributed by atoms with Gasteiger partial charge in [0.15, 0.2) is 0 Å². The molecule has 0 heterocycles. The summed E-state index contributed by atoms with van der Waals surface area (Å²) in [4.78, 5) is 0. The summed E-state index contributed by atoms with van der Waals surface area (Å²) in [5.74, 6) is 2.00. The highest BCUT2D eigenvalue weighted by Crippen LogP contribution is 2.48. The van der Waals surface area contributed by atoms with Crippen LogP contribution in [0.15, 0.2) is 0 Å². The molecule has 0 saturated heterocycles. The van der Waals surface area contributed by atoms with Crippen molar-refractivity contribution in [2.75, 3.05) is 0 Å². The van der Waals surface area contributed by atoms with Crippen LogP contribution < -0.4 is 0 Å². The minimum absolute atomic E-state index is 0.535. The maximum Gasteiger partial charge on any atom is -0.0354 e. The number of hydrogen-bond acceptors (Lipinski definition) is 0. The molecular weight excluding hydrogens is 156 g/mol. The fourth-order valence-corrected chi connectivity index (χ4v) is 2.48. The molecule has 0 unspecified atom stereocenters. The van der Waals surface area contributed by atoms with Crippen molar-refractivity contribution in [2.24, 2.45) is 22.7 Å². The summed E-state index contributed by atoms with van der Waals surface area (Å²) in [6.07, 6.45) is 4.36. The first-order valence-corrected chi connectivity index (χ1v) is 5.68. The Morgan fingerprint density at radius 1 is 0.923 bits per heavy atom. The molecular formula is C13H26. The molecule has 78 valence electrons. The van der Waals surface area contributed by atoms with Crippen LogP contribution in [0, 0.1) is 22.7 Å². The second kappa shape index (κ2) is 3.29. The molecule has 13 heavy (non-hydrogen) atoms. The smallest absolute Gasteiger partial charge is 0.0354 e. The first-order valence-electron chi connectivity index (χ1n) is 5.68. The normalized spacial score (nSPS) is 30.0. The van der Waals surface area contributed by atoms with Crippen molar-refractivity contribution in [1.29, 1.82) is 0 Å². The van der Waals surface area contributed by atoms with Crippen LogP contribution in [0.1, 0.15) is 60.8 Å². The van der Waals surface area contributed by atoms with E-state index in [0.717, 1.165) is 11.8 Å². The Hall–Kier alpha value is 0. The van der Waals surface area contributed by atoms with Gasteiger partial charge < -0.3 is 0 Å². The van der Waals surface area contributed by atoms with Crippen molar-refractivity contribution in [2.45, 2.75) is 60.8 Å². The molecule has 1 fully saturated rings. The van der Waals surface area contributed by atoms with Gasteiger partial charge in [-0.2, -0.15) is 0 Å². The Balaban J connectivity index is 2.27. The van der Waals surface area contributed by atoms with E-state index in [1.54, 1.807) is 0 Å². The molecule has 0 aromatic heterocycles. The van der Waals surface area contributed by atoms with Crippen LogP contribution in [0.3, 0.4) is 0 Å². The Labute approximate surface area is 84.1 Å². The summed E-state index contributed by atoms with van der Waals surface area (Å²) in [7, 11) is 0. The summed E-state index contributed by atoms with van der Waals surface area (Å²) < 4.78 is 0. The topological polar surface area (TPSA) is 0 Å². The average molecular weight is 182 g/mol. The molecule has 1 rings (SSSR count). The molecule has 0 nitrogen and oxygen atoms in total. The third kappa shape index (κ3) is 3.32. The van der Waals surface area contributed by atoms with Gasteiger partial charge >= 0.3 is 0 Å². The summed E-state index contributed by atoms with van der Waals surface area (Å²) >= 11 is 0. The van der Waals surface area contributed by atoms with Gasteiger partial charge in [0.1, 0.15) is 0 Å². The lowest BCUT2D eigenvalue weighted by atomic mass is 9.60. The van der Waals surface area contributed by atoms with Crippen LogP contribution in [0.5, 0.6) is 0 Å². The number of rotatable bonds is 1. The van der Waals surface area contributed by atoms with Gasteiger partial charge in [-0.25, -0.2) is 0 Å². The molecule has 0 spiro atoms. The van der Waals surface area contributed by atoms with E-state index in [1.807, 2.05) is 0 Å². The van der Waals surface area contributed by atoms with E-state index in [9.17, 15) is 0 Å². The summed E-state index contributed by atoms with van der Waals surface area (Å²) in [5.41, 5.74) is 1.09. The zero-order valence-corrected chi connectivity index (χ0v) is 10.3. The second-order valence-electron chi connectivity index (χ2n) is 7.17. The predicted octanol–water partition coefficient (Wildman–Crippen LogP) is 4.49. The average Bonchev–Trinajstić information content (AvgIpc) is 1.71. The molecule has 0 heteroatoms. The molecule has 1 saturated carbocycles. The van der Waals surface area contributed by atoms with Gasteiger partial charge in [0.25, 0.3) is 0 Å². The Kier molecular flexibility index (Phi) is 2.81. The minimum atomic E-state index is 0.535. The molecule has 0 atom stereocenters. The summed E-state index contributed by atoms with van der Waals surface area (Å²) in [6, 6.07) is 0. The first kappa shape index (κ1) is 11.1. The highest BCUT2D eigenvalue weighted by atomic mass is 14.4. The van der Waals surface area contributed by atoms with E-state index in [4.69, 9.17) is 0 Å². The Morgan fingerprint density at radius 2 is 1.38 bits per heavy atom. The molecule has 1 aliphatic carbocycles. The van der Waals surface area contributed by atoms with Crippen LogP contribution in [-0.4, -0.2) is 0 Å². The zero-order chi connectivity index (χ0) is 10.3. The summed E-state index contributed by atoms with van der Waals surface area (Å²) in [5, 5.41) is 0. The summed E-state index contributed by atoms with van der Waals surface area (Å²) in [6.45, 7) is 14.2. The fourth-order valence-electron chi connectivity index (χ4n) is 2.48. The molecule has 0 bridgehead atoms. The maximum atomic E-state index is 2.38. The standard InChI is InChI=1S/C13H26/c1-12(2,3)9-10-7-11(8-10)13(4,5)6/h10-11H,7-9H2,1-6H3. The van der Waals surface area contributed by atoms with E-state index in [2.05, 4.69) is 41.5 Å². The van der Waals surface area contributed by atoms with E-state index >= 15 is 0 Å². The van der Waals surface area contributed by atoms with Gasteiger partial charge in [-0.05, 0) is 41.9 Å². The largest absolute Gasteiger partial charge is 0.0602 e. The Morgan fingerprint density at radius 3 is 1.69 bits per heavy atom. The molecule has 0 aliphatic heterocycles. The quantitative estimate of drug-likeness (QED) is 0.560. The molecule has 0 amide bonds. The van der Waals surface area contributed by atoms with Gasteiger partial charge in [0.2, 0.25) is 0 Å². The van der Waals surface area contributed by atoms with Crippen LogP contribution >= 0.6 is 0 Å². The van der Waals surface area contributed by atoms with Crippen LogP contribution in [0.4, 0.5) is 0 Å². The third-order valence-corrected chi connectivity index (χ3v) is 3.36. The highest BCUT2D eigenvalue weighted by molar-refractivity contribution is 4.88. The number of hydrogen-bond donors (Lipinski definition) is 0. The van der Waals surface area contributed by atoms with Crippen molar-refractivity contribution in [3.05, 3.63) is 0 Å². The molecule has 0 radical (unpaired) electrons. The van der Waals surface area contributed by atoms with E-state index in [0.29, 0.717) is 10.8 Å². The van der Waals surface area contributed by atoms with Crippen LogP contribution in [-0.2, 0) is 0 Å². The van der Waals surface area contributed by atoms with Crippen molar-refractivity contribution >= 4 is 0 Å². The highest BCUT2D eigenvalue weighted by Gasteiger charge is 2.38. The molecule has 0 aromatic rings. The van der Waals surface area contributed by atoms with Crippen molar-refractivity contribution in [3.8, 4) is 0 Å². The van der Waals surface area contributed by atoms with Gasteiger partial charge in [-0.15, -0.1) is 0 Å². The fraction of sp³-hybridized carbons (Fsp3) is 1.00. The van der Waals surface area contributed by atoms with Gasteiger partial charge in [-0.1, -0.05) is 41.5 Å². The lowest BCUT2D eigenvalue weighted by molar-refractivity contribution is 0.0509. The monoisotopic (exact) mass is 182 g/mol. The van der Waals surface area contributed by atoms with Gasteiger partial charge in [0.05, 0.1) is 0 Å². The second-order valence-corrected chi connectivity index (χ2v) is 7.17. The van der Waals surface area contributed by atoms with E-state index < -0.39 is 0 Å². The molecule has 0 N–H and O–H groups in total. The van der Waals surface area contributed by atoms with Gasteiger partial charge in [-0.3, -0.25) is 0 Å². The van der Waals surface area contributed by atoms with Crippen LogP contribution in [0.2, 0.25) is 0 Å². The zero-order valence-electron chi connectivity index (χ0n) is 10.3. The van der Waals surface area contributed by atoms with E-state index in [-0.39, 0.29) is 0 Å². The van der Waals surface area contributed by atoms with Gasteiger partial charge in [0, 0.05) is 0 Å². The molecule has 0 aromatic carbocycles. The first-order chi connectivity index (χ1) is 5.68. The van der Waals surface area contributed by atoms with E-state index in [1.165, 1.54) is 19.3 Å². The molecule has 1 aliphatic rings. The Bertz CT molecular complexity index is 159. The van der Waals surface area contributed by atoms with Crippen molar-refractivity contribution in [1.82, 2.24) is 0 Å². The SMILES string of the molecule is CC(C)(C)CC1CC(C(C)(C)C)C1. The minimum Gasteiger partial charge on any atom is -0.0602 e. The van der Waals surface area contributed by atoms with Crippen molar-refractivity contribution < 1.29 is 0 Å².